The van der Waals surface area contributed by atoms with Gasteiger partial charge in [-0.1, -0.05) is 40.5 Å². The Bertz CT molecular complexity index is 292. The van der Waals surface area contributed by atoms with E-state index in [0.717, 1.165) is 25.7 Å². The number of hydrogen-bond acceptors (Lipinski definition) is 4. The number of carbonyl (C=O) groups excluding carboxylic acids is 2. The van der Waals surface area contributed by atoms with Crippen molar-refractivity contribution in [2.45, 2.75) is 91.9 Å². The molecule has 0 radical (unpaired) electrons. The summed E-state index contributed by atoms with van der Waals surface area (Å²) in [5, 5.41) is 0. The average molecular weight is 343 g/mol. The Labute approximate surface area is 148 Å². The maximum atomic E-state index is 11.5. The molecular formula is C20H38O4. The van der Waals surface area contributed by atoms with Gasteiger partial charge in [-0.2, -0.15) is 0 Å². The van der Waals surface area contributed by atoms with E-state index in [-0.39, 0.29) is 11.9 Å². The van der Waals surface area contributed by atoms with Crippen molar-refractivity contribution in [1.29, 1.82) is 0 Å². The van der Waals surface area contributed by atoms with E-state index in [0.29, 0.717) is 50.7 Å². The van der Waals surface area contributed by atoms with Gasteiger partial charge in [0.25, 0.3) is 0 Å². The Morgan fingerprint density at radius 1 is 0.625 bits per heavy atom. The van der Waals surface area contributed by atoms with Gasteiger partial charge in [-0.3, -0.25) is 9.59 Å². The van der Waals surface area contributed by atoms with Gasteiger partial charge in [0, 0.05) is 12.8 Å². The molecule has 0 aromatic rings. The number of carbonyl (C=O) groups is 2. The third-order valence-corrected chi connectivity index (χ3v) is 3.89. The lowest BCUT2D eigenvalue weighted by molar-refractivity contribution is -0.146. The van der Waals surface area contributed by atoms with Crippen LogP contribution < -0.4 is 0 Å². The first-order valence-electron chi connectivity index (χ1n) is 9.73. The molecule has 0 aliphatic carbocycles. The molecule has 0 saturated heterocycles. The Balaban J connectivity index is 3.38. The highest BCUT2D eigenvalue weighted by molar-refractivity contribution is 5.70. The van der Waals surface area contributed by atoms with Crippen molar-refractivity contribution in [3.63, 3.8) is 0 Å². The molecule has 0 N–H and O–H groups in total. The van der Waals surface area contributed by atoms with E-state index < -0.39 is 0 Å². The van der Waals surface area contributed by atoms with Crippen LogP contribution in [0.3, 0.4) is 0 Å². The Morgan fingerprint density at radius 3 is 1.33 bits per heavy atom. The highest BCUT2D eigenvalue weighted by Gasteiger charge is 2.06. The van der Waals surface area contributed by atoms with Gasteiger partial charge in [0.05, 0.1) is 13.2 Å². The van der Waals surface area contributed by atoms with E-state index in [1.807, 2.05) is 0 Å². The van der Waals surface area contributed by atoms with Crippen molar-refractivity contribution >= 4 is 11.9 Å². The second-order valence-corrected chi connectivity index (χ2v) is 7.43. The van der Waals surface area contributed by atoms with Crippen LogP contribution in [-0.2, 0) is 19.1 Å². The van der Waals surface area contributed by atoms with Crippen molar-refractivity contribution in [3.05, 3.63) is 0 Å². The molecule has 0 saturated carbocycles. The Kier molecular flexibility index (Phi) is 14.8. The van der Waals surface area contributed by atoms with Gasteiger partial charge in [-0.25, -0.2) is 0 Å². The predicted molar refractivity (Wildman–Crippen MR) is 97.8 cm³/mol. The molecule has 24 heavy (non-hydrogen) atoms. The average Bonchev–Trinajstić information content (AvgIpc) is 2.50. The normalized spacial score (nSPS) is 11.1. The zero-order chi connectivity index (χ0) is 18.2. The highest BCUT2D eigenvalue weighted by atomic mass is 16.5. The molecule has 0 fully saturated rings. The summed E-state index contributed by atoms with van der Waals surface area (Å²) >= 11 is 0. The van der Waals surface area contributed by atoms with Crippen molar-refractivity contribution in [2.24, 2.45) is 11.8 Å². The standard InChI is InChI=1S/C20H38O4/c1-17(2)11-7-9-15-23-19(21)13-5-6-14-20(22)24-16-10-8-12-18(3)4/h17-18H,5-16H2,1-4H3. The summed E-state index contributed by atoms with van der Waals surface area (Å²) in [7, 11) is 0. The third-order valence-electron chi connectivity index (χ3n) is 3.89. The van der Waals surface area contributed by atoms with Crippen LogP contribution >= 0.6 is 0 Å². The fourth-order valence-corrected chi connectivity index (χ4v) is 2.36. The first kappa shape index (κ1) is 22.9. The summed E-state index contributed by atoms with van der Waals surface area (Å²) in [5.41, 5.74) is 0. The van der Waals surface area contributed by atoms with E-state index in [4.69, 9.17) is 9.47 Å². The Hall–Kier alpha value is -1.06. The summed E-state index contributed by atoms with van der Waals surface area (Å²) < 4.78 is 10.4. The molecular weight excluding hydrogens is 304 g/mol. The fourth-order valence-electron chi connectivity index (χ4n) is 2.36. The minimum absolute atomic E-state index is 0.151. The van der Waals surface area contributed by atoms with Crippen LogP contribution in [0.1, 0.15) is 91.9 Å². The molecule has 0 aromatic carbocycles. The van der Waals surface area contributed by atoms with Crippen LogP contribution in [0.2, 0.25) is 0 Å². The monoisotopic (exact) mass is 342 g/mol. The van der Waals surface area contributed by atoms with Crippen molar-refractivity contribution in [2.75, 3.05) is 13.2 Å². The summed E-state index contributed by atoms with van der Waals surface area (Å²) in [5.74, 6) is 1.11. The van der Waals surface area contributed by atoms with Crippen LogP contribution in [0.25, 0.3) is 0 Å². The smallest absolute Gasteiger partial charge is 0.305 e. The Morgan fingerprint density at radius 2 is 1.00 bits per heavy atom. The van der Waals surface area contributed by atoms with Crippen molar-refractivity contribution in [1.82, 2.24) is 0 Å². The number of unbranched alkanes of at least 4 members (excludes halogenated alkanes) is 3. The van der Waals surface area contributed by atoms with Gasteiger partial charge >= 0.3 is 11.9 Å². The molecule has 0 aliphatic heterocycles. The molecule has 0 unspecified atom stereocenters. The topological polar surface area (TPSA) is 52.6 Å². The predicted octanol–water partition coefficient (Wildman–Crippen LogP) is 5.29. The summed E-state index contributed by atoms with van der Waals surface area (Å²) in [4.78, 5) is 23.1. The van der Waals surface area contributed by atoms with Crippen LogP contribution in [0, 0.1) is 11.8 Å². The molecule has 142 valence electrons. The van der Waals surface area contributed by atoms with Crippen molar-refractivity contribution < 1.29 is 19.1 Å². The van der Waals surface area contributed by atoms with Gasteiger partial charge in [-0.05, 0) is 50.4 Å². The number of esters is 2. The van der Waals surface area contributed by atoms with Gasteiger partial charge < -0.3 is 9.47 Å². The lowest BCUT2D eigenvalue weighted by atomic mass is 10.1. The summed E-state index contributed by atoms with van der Waals surface area (Å²) in [6.45, 7) is 9.82. The van der Waals surface area contributed by atoms with E-state index in [9.17, 15) is 9.59 Å². The van der Waals surface area contributed by atoms with E-state index in [2.05, 4.69) is 27.7 Å². The van der Waals surface area contributed by atoms with Gasteiger partial charge in [0.2, 0.25) is 0 Å². The van der Waals surface area contributed by atoms with Crippen molar-refractivity contribution in [3.8, 4) is 0 Å². The lowest BCUT2D eigenvalue weighted by Crippen LogP contribution is -2.08. The molecule has 4 heteroatoms. The van der Waals surface area contributed by atoms with Crippen LogP contribution in [-0.4, -0.2) is 25.2 Å². The number of rotatable bonds is 15. The fraction of sp³-hybridized carbons (Fsp3) is 0.900. The largest absolute Gasteiger partial charge is 0.466 e. The third kappa shape index (κ3) is 17.3. The molecule has 0 bridgehead atoms. The maximum Gasteiger partial charge on any atom is 0.305 e. The minimum Gasteiger partial charge on any atom is -0.466 e. The summed E-state index contributed by atoms with van der Waals surface area (Å²) in [6.07, 6.45) is 8.61. The molecule has 0 heterocycles. The molecule has 4 nitrogen and oxygen atoms in total. The number of ether oxygens (including phenoxy) is 2. The SMILES string of the molecule is CC(C)CCCCOC(=O)CCCCC(=O)OCCCCC(C)C. The van der Waals surface area contributed by atoms with Crippen LogP contribution in [0.5, 0.6) is 0 Å². The lowest BCUT2D eigenvalue weighted by Gasteiger charge is -2.07. The molecule has 0 amide bonds. The molecule has 0 spiro atoms. The first-order valence-corrected chi connectivity index (χ1v) is 9.73. The second kappa shape index (κ2) is 15.5. The zero-order valence-corrected chi connectivity index (χ0v) is 16.3. The second-order valence-electron chi connectivity index (χ2n) is 7.43. The number of hydrogen-bond donors (Lipinski definition) is 0. The summed E-state index contributed by atoms with van der Waals surface area (Å²) in [6, 6.07) is 0. The van der Waals surface area contributed by atoms with Gasteiger partial charge in [0.1, 0.15) is 0 Å². The van der Waals surface area contributed by atoms with Gasteiger partial charge in [0.15, 0.2) is 0 Å². The maximum absolute atomic E-state index is 11.5. The minimum atomic E-state index is -0.151. The zero-order valence-electron chi connectivity index (χ0n) is 16.3. The molecule has 0 rings (SSSR count). The van der Waals surface area contributed by atoms with E-state index in [1.165, 1.54) is 12.8 Å². The van der Waals surface area contributed by atoms with Crippen LogP contribution in [0.15, 0.2) is 0 Å². The van der Waals surface area contributed by atoms with E-state index in [1.54, 1.807) is 0 Å². The molecule has 0 aromatic heterocycles. The van der Waals surface area contributed by atoms with E-state index >= 15 is 0 Å². The highest BCUT2D eigenvalue weighted by Crippen LogP contribution is 2.08. The molecule has 0 aliphatic rings. The molecule has 0 atom stereocenters. The first-order chi connectivity index (χ1) is 11.4. The van der Waals surface area contributed by atoms with Gasteiger partial charge in [-0.15, -0.1) is 0 Å². The van der Waals surface area contributed by atoms with Crippen LogP contribution in [0.4, 0.5) is 0 Å². The quantitative estimate of drug-likeness (QED) is 0.300.